The van der Waals surface area contributed by atoms with Gasteiger partial charge in [-0.2, -0.15) is 0 Å². The molecule has 1 aromatic heterocycles. The van der Waals surface area contributed by atoms with Gasteiger partial charge in [0.2, 0.25) is 5.91 Å². The van der Waals surface area contributed by atoms with E-state index in [2.05, 4.69) is 5.32 Å². The number of aryl methyl sites for hydroxylation is 2. The summed E-state index contributed by atoms with van der Waals surface area (Å²) in [6.07, 6.45) is 1.16. The van der Waals surface area contributed by atoms with Crippen LogP contribution in [-0.4, -0.2) is 27.6 Å². The SMILES string of the molecule is CCCn1c(=O)n(CCC(=O)N[C@@H](C)CN)c2ccccc21. The van der Waals surface area contributed by atoms with Gasteiger partial charge < -0.3 is 11.1 Å². The van der Waals surface area contributed by atoms with Gasteiger partial charge in [0.15, 0.2) is 0 Å². The van der Waals surface area contributed by atoms with Gasteiger partial charge in [-0.3, -0.25) is 13.9 Å². The minimum Gasteiger partial charge on any atom is -0.352 e. The van der Waals surface area contributed by atoms with Crippen molar-refractivity contribution in [2.75, 3.05) is 6.54 Å². The van der Waals surface area contributed by atoms with Gasteiger partial charge in [-0.1, -0.05) is 19.1 Å². The van der Waals surface area contributed by atoms with Crippen molar-refractivity contribution < 1.29 is 4.79 Å². The van der Waals surface area contributed by atoms with Gasteiger partial charge in [-0.25, -0.2) is 4.79 Å². The molecule has 0 saturated carbocycles. The number of para-hydroxylation sites is 2. The van der Waals surface area contributed by atoms with Crippen LogP contribution >= 0.6 is 0 Å². The van der Waals surface area contributed by atoms with E-state index >= 15 is 0 Å². The number of carbonyl (C=O) groups is 1. The highest BCUT2D eigenvalue weighted by Gasteiger charge is 2.13. The first kappa shape index (κ1) is 16.3. The summed E-state index contributed by atoms with van der Waals surface area (Å²) in [5, 5.41) is 2.81. The predicted octanol–water partition coefficient (Wildman–Crippen LogP) is 1.07. The molecule has 0 aliphatic heterocycles. The van der Waals surface area contributed by atoms with Gasteiger partial charge >= 0.3 is 5.69 Å². The van der Waals surface area contributed by atoms with Crippen LogP contribution in [0.4, 0.5) is 0 Å². The summed E-state index contributed by atoms with van der Waals surface area (Å²) in [7, 11) is 0. The number of aromatic nitrogens is 2. The highest BCUT2D eigenvalue weighted by molar-refractivity contribution is 5.78. The van der Waals surface area contributed by atoms with Crippen molar-refractivity contribution in [3.05, 3.63) is 34.7 Å². The third kappa shape index (κ3) is 3.39. The lowest BCUT2D eigenvalue weighted by Crippen LogP contribution is -2.38. The second-order valence-electron chi connectivity index (χ2n) is 5.53. The normalized spacial score (nSPS) is 12.5. The Hall–Kier alpha value is -2.08. The second-order valence-corrected chi connectivity index (χ2v) is 5.53. The number of benzene rings is 1. The summed E-state index contributed by atoms with van der Waals surface area (Å²) in [5.41, 5.74) is 7.23. The summed E-state index contributed by atoms with van der Waals surface area (Å²) in [6.45, 7) is 5.36. The highest BCUT2D eigenvalue weighted by Crippen LogP contribution is 2.13. The number of imidazole rings is 1. The molecule has 0 bridgehead atoms. The van der Waals surface area contributed by atoms with E-state index in [9.17, 15) is 9.59 Å². The largest absolute Gasteiger partial charge is 0.352 e. The van der Waals surface area contributed by atoms with Crippen molar-refractivity contribution in [1.82, 2.24) is 14.5 Å². The third-order valence-electron chi connectivity index (χ3n) is 3.70. The summed E-state index contributed by atoms with van der Waals surface area (Å²) < 4.78 is 3.45. The number of amides is 1. The van der Waals surface area contributed by atoms with E-state index in [4.69, 9.17) is 5.73 Å². The molecule has 2 aromatic rings. The fourth-order valence-corrected chi connectivity index (χ4v) is 2.55. The minimum absolute atomic E-state index is 0.0503. The van der Waals surface area contributed by atoms with E-state index in [1.807, 2.05) is 38.1 Å². The van der Waals surface area contributed by atoms with Crippen molar-refractivity contribution >= 4 is 16.9 Å². The predicted molar refractivity (Wildman–Crippen MR) is 87.8 cm³/mol. The molecule has 0 spiro atoms. The molecule has 6 heteroatoms. The van der Waals surface area contributed by atoms with E-state index in [1.54, 1.807) is 9.13 Å². The Morgan fingerprint density at radius 3 is 2.36 bits per heavy atom. The fourth-order valence-electron chi connectivity index (χ4n) is 2.55. The van der Waals surface area contributed by atoms with Gasteiger partial charge in [0.1, 0.15) is 0 Å². The molecule has 0 aliphatic rings. The minimum atomic E-state index is -0.0860. The standard InChI is InChI=1S/C16H24N4O2/c1-3-9-19-13-6-4-5-7-14(13)20(16(19)22)10-8-15(21)18-12(2)11-17/h4-7,12H,3,8-11,17H2,1-2H3,(H,18,21)/t12-/m0/s1. The molecule has 0 unspecified atom stereocenters. The monoisotopic (exact) mass is 304 g/mol. The number of rotatable bonds is 7. The van der Waals surface area contributed by atoms with Crippen molar-refractivity contribution in [3.8, 4) is 0 Å². The molecule has 0 fully saturated rings. The second kappa shape index (κ2) is 7.26. The average molecular weight is 304 g/mol. The topological polar surface area (TPSA) is 82.0 Å². The van der Waals surface area contributed by atoms with Gasteiger partial charge in [0.05, 0.1) is 11.0 Å². The van der Waals surface area contributed by atoms with Crippen molar-refractivity contribution in [2.24, 2.45) is 5.73 Å². The zero-order chi connectivity index (χ0) is 16.1. The number of nitrogens with zero attached hydrogens (tertiary/aromatic N) is 2. The van der Waals surface area contributed by atoms with E-state index in [-0.39, 0.29) is 24.1 Å². The molecule has 0 aliphatic carbocycles. The molecule has 1 atom stereocenters. The van der Waals surface area contributed by atoms with Crippen molar-refractivity contribution in [3.63, 3.8) is 0 Å². The van der Waals surface area contributed by atoms with Crippen LogP contribution in [0, 0.1) is 0 Å². The van der Waals surface area contributed by atoms with Gasteiger partial charge in [-0.05, 0) is 25.5 Å². The maximum absolute atomic E-state index is 12.5. The molecule has 0 radical (unpaired) electrons. The van der Waals surface area contributed by atoms with E-state index in [0.29, 0.717) is 19.6 Å². The Morgan fingerprint density at radius 1 is 1.23 bits per heavy atom. The van der Waals surface area contributed by atoms with Crippen LogP contribution in [-0.2, 0) is 17.9 Å². The Balaban J connectivity index is 2.23. The summed E-state index contributed by atoms with van der Waals surface area (Å²) in [5.74, 6) is -0.0860. The fraction of sp³-hybridized carbons (Fsp3) is 0.500. The van der Waals surface area contributed by atoms with Crippen LogP contribution < -0.4 is 16.7 Å². The molecular weight excluding hydrogens is 280 g/mol. The zero-order valence-corrected chi connectivity index (χ0v) is 13.2. The quantitative estimate of drug-likeness (QED) is 0.802. The average Bonchev–Trinajstić information content (AvgIpc) is 2.78. The highest BCUT2D eigenvalue weighted by atomic mass is 16.2. The number of nitrogens with one attached hydrogen (secondary N) is 1. The van der Waals surface area contributed by atoms with Crippen LogP contribution in [0.25, 0.3) is 11.0 Å². The maximum Gasteiger partial charge on any atom is 0.329 e. The Kier molecular flexibility index (Phi) is 5.38. The number of hydrogen-bond acceptors (Lipinski definition) is 3. The molecule has 1 aromatic carbocycles. The smallest absolute Gasteiger partial charge is 0.329 e. The molecule has 6 nitrogen and oxygen atoms in total. The molecule has 22 heavy (non-hydrogen) atoms. The van der Waals surface area contributed by atoms with Crippen LogP contribution in [0.3, 0.4) is 0 Å². The lowest BCUT2D eigenvalue weighted by atomic mass is 10.3. The van der Waals surface area contributed by atoms with E-state index < -0.39 is 0 Å². The van der Waals surface area contributed by atoms with Gasteiger partial charge in [-0.15, -0.1) is 0 Å². The summed E-state index contributed by atoms with van der Waals surface area (Å²) >= 11 is 0. The number of fused-ring (bicyclic) bond motifs is 1. The van der Waals surface area contributed by atoms with Crippen molar-refractivity contribution in [1.29, 1.82) is 0 Å². The first-order chi connectivity index (χ1) is 10.6. The van der Waals surface area contributed by atoms with Crippen LogP contribution in [0.15, 0.2) is 29.1 Å². The Bertz CT molecular complexity index is 702. The van der Waals surface area contributed by atoms with Crippen LogP contribution in [0.5, 0.6) is 0 Å². The maximum atomic E-state index is 12.5. The van der Waals surface area contributed by atoms with Crippen LogP contribution in [0.2, 0.25) is 0 Å². The molecule has 2 rings (SSSR count). The summed E-state index contributed by atoms with van der Waals surface area (Å²) in [6, 6.07) is 7.65. The van der Waals surface area contributed by atoms with Gasteiger partial charge in [0.25, 0.3) is 0 Å². The number of carbonyl (C=O) groups excluding carboxylic acids is 1. The Morgan fingerprint density at radius 2 is 1.82 bits per heavy atom. The lowest BCUT2D eigenvalue weighted by Gasteiger charge is -2.11. The lowest BCUT2D eigenvalue weighted by molar-refractivity contribution is -0.121. The van der Waals surface area contributed by atoms with Crippen LogP contribution in [0.1, 0.15) is 26.7 Å². The number of hydrogen-bond donors (Lipinski definition) is 2. The van der Waals surface area contributed by atoms with E-state index in [0.717, 1.165) is 17.5 Å². The zero-order valence-electron chi connectivity index (χ0n) is 13.2. The van der Waals surface area contributed by atoms with E-state index in [1.165, 1.54) is 0 Å². The first-order valence-electron chi connectivity index (χ1n) is 7.76. The molecule has 0 saturated heterocycles. The van der Waals surface area contributed by atoms with Gasteiger partial charge in [0, 0.05) is 32.1 Å². The molecule has 1 heterocycles. The molecule has 1 amide bonds. The first-order valence-corrected chi connectivity index (χ1v) is 7.76. The Labute approximate surface area is 129 Å². The third-order valence-corrected chi connectivity index (χ3v) is 3.70. The molecule has 120 valence electrons. The van der Waals surface area contributed by atoms with Crippen molar-refractivity contribution in [2.45, 2.75) is 45.8 Å². The summed E-state index contributed by atoms with van der Waals surface area (Å²) in [4.78, 5) is 24.4. The number of nitrogens with two attached hydrogens (primary N) is 1. The molecule has 3 N–H and O–H groups in total. The molecular formula is C16H24N4O2.